The number of amides is 1. The van der Waals surface area contributed by atoms with E-state index in [0.717, 1.165) is 24.1 Å². The van der Waals surface area contributed by atoms with E-state index in [9.17, 15) is 4.79 Å². The van der Waals surface area contributed by atoms with Crippen molar-refractivity contribution in [1.82, 2.24) is 0 Å². The Hall–Kier alpha value is -0.730. The molecule has 0 fully saturated rings. The first-order chi connectivity index (χ1) is 7.63. The standard InChI is InChI=1S/C12H13Cl2NO/c1-15-11-3-2-10(14)7-9(11)6-8(4-5-13)12(15)16/h2-3,7-8H,4-6H2,1H3. The van der Waals surface area contributed by atoms with Crippen LogP contribution in [-0.4, -0.2) is 18.8 Å². The fourth-order valence-electron chi connectivity index (χ4n) is 2.15. The second-order valence-electron chi connectivity index (χ2n) is 4.05. The van der Waals surface area contributed by atoms with Gasteiger partial charge < -0.3 is 4.90 Å². The highest BCUT2D eigenvalue weighted by atomic mass is 35.5. The zero-order chi connectivity index (χ0) is 11.7. The average molecular weight is 258 g/mol. The van der Waals surface area contributed by atoms with Gasteiger partial charge in [0.25, 0.3) is 0 Å². The number of alkyl halides is 1. The minimum absolute atomic E-state index is 0.00605. The van der Waals surface area contributed by atoms with E-state index in [2.05, 4.69) is 0 Å². The van der Waals surface area contributed by atoms with Crippen molar-refractivity contribution in [2.75, 3.05) is 17.8 Å². The van der Waals surface area contributed by atoms with Gasteiger partial charge in [-0.3, -0.25) is 4.79 Å². The molecule has 16 heavy (non-hydrogen) atoms. The van der Waals surface area contributed by atoms with E-state index in [-0.39, 0.29) is 11.8 Å². The van der Waals surface area contributed by atoms with Crippen LogP contribution in [0.2, 0.25) is 5.02 Å². The number of carbonyl (C=O) groups excluding carboxylic acids is 1. The van der Waals surface area contributed by atoms with Crippen molar-refractivity contribution in [3.63, 3.8) is 0 Å². The smallest absolute Gasteiger partial charge is 0.230 e. The Morgan fingerprint density at radius 3 is 2.94 bits per heavy atom. The summed E-state index contributed by atoms with van der Waals surface area (Å²) < 4.78 is 0. The van der Waals surface area contributed by atoms with Gasteiger partial charge in [-0.05, 0) is 36.6 Å². The van der Waals surface area contributed by atoms with Crippen molar-refractivity contribution in [2.24, 2.45) is 5.92 Å². The first kappa shape index (κ1) is 11.7. The molecular formula is C12H13Cl2NO. The highest BCUT2D eigenvalue weighted by Crippen LogP contribution is 2.32. The minimum Gasteiger partial charge on any atom is -0.315 e. The van der Waals surface area contributed by atoms with Crippen LogP contribution in [0.3, 0.4) is 0 Å². The number of carbonyl (C=O) groups is 1. The van der Waals surface area contributed by atoms with Crippen LogP contribution in [0.4, 0.5) is 5.69 Å². The fraction of sp³-hybridized carbons (Fsp3) is 0.417. The van der Waals surface area contributed by atoms with Gasteiger partial charge in [-0.15, -0.1) is 11.6 Å². The molecule has 1 aromatic carbocycles. The Balaban J connectivity index is 2.36. The lowest BCUT2D eigenvalue weighted by atomic mass is 9.90. The van der Waals surface area contributed by atoms with Crippen molar-refractivity contribution in [3.8, 4) is 0 Å². The lowest BCUT2D eigenvalue weighted by molar-refractivity contribution is -0.122. The van der Waals surface area contributed by atoms with E-state index in [1.165, 1.54) is 0 Å². The fourth-order valence-corrected chi connectivity index (χ4v) is 2.61. The maximum atomic E-state index is 12.0. The summed E-state index contributed by atoms with van der Waals surface area (Å²) in [7, 11) is 1.80. The summed E-state index contributed by atoms with van der Waals surface area (Å²) in [5.41, 5.74) is 2.09. The third kappa shape index (κ3) is 2.04. The van der Waals surface area contributed by atoms with E-state index >= 15 is 0 Å². The Kier molecular flexibility index (Phi) is 3.41. The molecule has 2 rings (SSSR count). The lowest BCUT2D eigenvalue weighted by Crippen LogP contribution is -2.38. The molecule has 1 aliphatic rings. The second kappa shape index (κ2) is 4.64. The number of benzene rings is 1. The van der Waals surface area contributed by atoms with Gasteiger partial charge >= 0.3 is 0 Å². The number of hydrogen-bond acceptors (Lipinski definition) is 1. The van der Waals surface area contributed by atoms with Crippen LogP contribution in [-0.2, 0) is 11.2 Å². The summed E-state index contributed by atoms with van der Waals surface area (Å²) in [6.45, 7) is 0. The van der Waals surface area contributed by atoms with E-state index in [1.54, 1.807) is 11.9 Å². The van der Waals surface area contributed by atoms with Crippen molar-refractivity contribution < 1.29 is 4.79 Å². The van der Waals surface area contributed by atoms with Crippen molar-refractivity contribution in [1.29, 1.82) is 0 Å². The van der Waals surface area contributed by atoms with Gasteiger partial charge in [0.05, 0.1) is 0 Å². The zero-order valence-corrected chi connectivity index (χ0v) is 10.6. The SMILES string of the molecule is CN1C(=O)C(CCCl)Cc2cc(Cl)ccc21. The van der Waals surface area contributed by atoms with Gasteiger partial charge in [0.15, 0.2) is 0 Å². The maximum Gasteiger partial charge on any atom is 0.230 e. The summed E-state index contributed by atoms with van der Waals surface area (Å²) in [5.74, 6) is 0.657. The molecule has 1 aliphatic heterocycles. The molecule has 1 atom stereocenters. The quantitative estimate of drug-likeness (QED) is 0.746. The van der Waals surface area contributed by atoms with Crippen LogP contribution in [0.5, 0.6) is 0 Å². The zero-order valence-electron chi connectivity index (χ0n) is 9.04. The minimum atomic E-state index is -0.00605. The highest BCUT2D eigenvalue weighted by molar-refractivity contribution is 6.30. The van der Waals surface area contributed by atoms with Gasteiger partial charge in [-0.2, -0.15) is 0 Å². The lowest BCUT2D eigenvalue weighted by Gasteiger charge is -2.31. The van der Waals surface area contributed by atoms with Gasteiger partial charge in [-0.25, -0.2) is 0 Å². The van der Waals surface area contributed by atoms with Crippen molar-refractivity contribution in [2.45, 2.75) is 12.8 Å². The number of halogens is 2. The molecule has 0 radical (unpaired) electrons. The molecule has 1 unspecified atom stereocenters. The first-order valence-corrected chi connectivity index (χ1v) is 6.16. The molecule has 1 amide bonds. The molecule has 1 heterocycles. The van der Waals surface area contributed by atoms with Gasteiger partial charge in [0.1, 0.15) is 0 Å². The molecule has 86 valence electrons. The van der Waals surface area contributed by atoms with Gasteiger partial charge in [0, 0.05) is 29.6 Å². The molecule has 0 N–H and O–H groups in total. The summed E-state index contributed by atoms with van der Waals surface area (Å²) in [5, 5.41) is 0.714. The Morgan fingerprint density at radius 2 is 2.25 bits per heavy atom. The largest absolute Gasteiger partial charge is 0.315 e. The van der Waals surface area contributed by atoms with Crippen LogP contribution in [0, 0.1) is 5.92 Å². The first-order valence-electron chi connectivity index (χ1n) is 5.25. The van der Waals surface area contributed by atoms with Crippen molar-refractivity contribution in [3.05, 3.63) is 28.8 Å². The van der Waals surface area contributed by atoms with E-state index in [0.29, 0.717) is 10.9 Å². The van der Waals surface area contributed by atoms with Crippen LogP contribution in [0.1, 0.15) is 12.0 Å². The molecule has 0 spiro atoms. The Morgan fingerprint density at radius 1 is 1.50 bits per heavy atom. The van der Waals surface area contributed by atoms with Crippen LogP contribution >= 0.6 is 23.2 Å². The van der Waals surface area contributed by atoms with Crippen LogP contribution in [0.15, 0.2) is 18.2 Å². The normalized spacial score (nSPS) is 19.8. The number of hydrogen-bond donors (Lipinski definition) is 0. The summed E-state index contributed by atoms with van der Waals surface area (Å²) in [6.07, 6.45) is 1.46. The van der Waals surface area contributed by atoms with E-state index in [4.69, 9.17) is 23.2 Å². The van der Waals surface area contributed by atoms with Crippen molar-refractivity contribution >= 4 is 34.8 Å². The predicted octanol–water partition coefficient (Wildman–Crippen LogP) is 3.10. The number of fused-ring (bicyclic) bond motifs is 1. The molecule has 0 aromatic heterocycles. The second-order valence-corrected chi connectivity index (χ2v) is 4.86. The van der Waals surface area contributed by atoms with E-state index < -0.39 is 0 Å². The molecule has 0 bridgehead atoms. The number of rotatable bonds is 2. The monoisotopic (exact) mass is 257 g/mol. The molecule has 2 nitrogen and oxygen atoms in total. The van der Waals surface area contributed by atoms with Crippen LogP contribution < -0.4 is 4.90 Å². The van der Waals surface area contributed by atoms with Gasteiger partial charge in [-0.1, -0.05) is 11.6 Å². The molecular weight excluding hydrogens is 245 g/mol. The Bertz CT molecular complexity index is 419. The topological polar surface area (TPSA) is 20.3 Å². The Labute approximate surface area is 105 Å². The molecule has 1 aromatic rings. The third-order valence-corrected chi connectivity index (χ3v) is 3.46. The summed E-state index contributed by atoms with van der Waals surface area (Å²) in [6, 6.07) is 5.64. The molecule has 0 aliphatic carbocycles. The molecule has 0 saturated heterocycles. The number of nitrogens with zero attached hydrogens (tertiary/aromatic N) is 1. The maximum absolute atomic E-state index is 12.0. The van der Waals surface area contributed by atoms with Gasteiger partial charge in [0.2, 0.25) is 5.91 Å². The van der Waals surface area contributed by atoms with E-state index in [1.807, 2.05) is 18.2 Å². The highest BCUT2D eigenvalue weighted by Gasteiger charge is 2.29. The summed E-state index contributed by atoms with van der Waals surface area (Å²) in [4.78, 5) is 13.7. The predicted molar refractivity (Wildman–Crippen MR) is 67.4 cm³/mol. The third-order valence-electron chi connectivity index (χ3n) is 3.01. The number of anilines is 1. The van der Waals surface area contributed by atoms with Crippen LogP contribution in [0.25, 0.3) is 0 Å². The average Bonchev–Trinajstić information content (AvgIpc) is 2.25. The molecule has 0 saturated carbocycles. The summed E-state index contributed by atoms with van der Waals surface area (Å²) >= 11 is 11.7. The molecule has 4 heteroatoms.